The quantitative estimate of drug-likeness (QED) is 0.768. The van der Waals surface area contributed by atoms with E-state index in [1.54, 1.807) is 13.3 Å². The van der Waals surface area contributed by atoms with E-state index in [-0.39, 0.29) is 5.97 Å². The van der Waals surface area contributed by atoms with Crippen molar-refractivity contribution < 1.29 is 14.3 Å². The molecular weight excluding hydrogens is 270 g/mol. The maximum Gasteiger partial charge on any atom is 0.316 e. The average molecular weight is 293 g/mol. The zero-order valence-corrected chi connectivity index (χ0v) is 13.0. The van der Waals surface area contributed by atoms with Crippen LogP contribution in [0.5, 0.6) is 0 Å². The molecule has 0 radical (unpaired) electrons. The molecule has 0 aliphatic carbocycles. The molecule has 1 saturated heterocycles. The van der Waals surface area contributed by atoms with E-state index in [0.29, 0.717) is 25.7 Å². The summed E-state index contributed by atoms with van der Waals surface area (Å²) in [7, 11) is 1.61. The number of carbonyl (C=O) groups is 1. The summed E-state index contributed by atoms with van der Waals surface area (Å²) < 4.78 is 10.6. The second kappa shape index (κ2) is 6.85. The summed E-state index contributed by atoms with van der Waals surface area (Å²) >= 11 is 0. The van der Waals surface area contributed by atoms with Gasteiger partial charge in [-0.3, -0.25) is 4.79 Å². The molecule has 6 heteroatoms. The van der Waals surface area contributed by atoms with Crippen molar-refractivity contribution in [1.29, 1.82) is 0 Å². The van der Waals surface area contributed by atoms with Crippen LogP contribution < -0.4 is 4.90 Å². The first-order chi connectivity index (χ1) is 10.1. The van der Waals surface area contributed by atoms with Crippen molar-refractivity contribution >= 4 is 11.9 Å². The first kappa shape index (κ1) is 15.7. The summed E-state index contributed by atoms with van der Waals surface area (Å²) in [6, 6.07) is 1.86. The number of hydrogen-bond donors (Lipinski definition) is 0. The van der Waals surface area contributed by atoms with Crippen molar-refractivity contribution in [1.82, 2.24) is 9.97 Å². The second-order valence-electron chi connectivity index (χ2n) is 5.46. The summed E-state index contributed by atoms with van der Waals surface area (Å²) in [5.41, 5.74) is 0.287. The van der Waals surface area contributed by atoms with Crippen LogP contribution in [0, 0.1) is 12.3 Å². The normalized spacial score (nSPS) is 22.1. The van der Waals surface area contributed by atoms with Gasteiger partial charge in [-0.2, -0.15) is 0 Å². The minimum absolute atomic E-state index is 0.191. The standard InChI is InChI=1S/C15H23N3O3/c1-4-21-13(19)15(11-20-3)7-5-9-18(10-15)14-16-8-6-12(2)17-14/h6,8H,4-5,7,9-11H2,1-3H3/t15-/m0/s1. The van der Waals surface area contributed by atoms with Crippen LogP contribution in [0.25, 0.3) is 0 Å². The molecule has 1 fully saturated rings. The molecular formula is C15H23N3O3. The Morgan fingerprint density at radius 2 is 2.33 bits per heavy atom. The van der Waals surface area contributed by atoms with Crippen LogP contribution >= 0.6 is 0 Å². The number of rotatable bonds is 5. The average Bonchev–Trinajstić information content (AvgIpc) is 2.48. The minimum Gasteiger partial charge on any atom is -0.465 e. The molecule has 1 aromatic heterocycles. The third-order valence-electron chi connectivity index (χ3n) is 3.77. The number of aromatic nitrogens is 2. The Hall–Kier alpha value is -1.69. The van der Waals surface area contributed by atoms with Gasteiger partial charge in [0, 0.05) is 32.1 Å². The van der Waals surface area contributed by atoms with Gasteiger partial charge in [-0.25, -0.2) is 9.97 Å². The molecule has 1 aliphatic heterocycles. The third-order valence-corrected chi connectivity index (χ3v) is 3.77. The topological polar surface area (TPSA) is 64.6 Å². The lowest BCUT2D eigenvalue weighted by molar-refractivity contribution is -0.159. The van der Waals surface area contributed by atoms with E-state index in [1.807, 2.05) is 24.8 Å². The molecule has 6 nitrogen and oxygen atoms in total. The van der Waals surface area contributed by atoms with E-state index in [0.717, 1.165) is 25.1 Å². The Balaban J connectivity index is 2.22. The molecule has 0 unspecified atom stereocenters. The van der Waals surface area contributed by atoms with E-state index in [1.165, 1.54) is 0 Å². The molecule has 2 rings (SSSR count). The summed E-state index contributed by atoms with van der Waals surface area (Å²) in [6.45, 7) is 5.86. The maximum atomic E-state index is 12.4. The molecule has 0 spiro atoms. The lowest BCUT2D eigenvalue weighted by Crippen LogP contribution is -2.51. The first-order valence-corrected chi connectivity index (χ1v) is 7.32. The predicted octanol–water partition coefficient (Wildman–Crippen LogP) is 1.58. The molecule has 2 heterocycles. The van der Waals surface area contributed by atoms with E-state index in [9.17, 15) is 4.79 Å². The van der Waals surface area contributed by atoms with Crippen molar-refractivity contribution in [2.45, 2.75) is 26.7 Å². The molecule has 1 aromatic rings. The summed E-state index contributed by atoms with van der Waals surface area (Å²) in [6.07, 6.45) is 3.40. The van der Waals surface area contributed by atoms with Crippen molar-refractivity contribution in [3.05, 3.63) is 18.0 Å². The molecule has 0 aromatic carbocycles. The van der Waals surface area contributed by atoms with E-state index < -0.39 is 5.41 Å². The Morgan fingerprint density at radius 3 is 3.00 bits per heavy atom. The van der Waals surface area contributed by atoms with Gasteiger partial charge in [0.15, 0.2) is 0 Å². The van der Waals surface area contributed by atoms with Gasteiger partial charge in [-0.15, -0.1) is 0 Å². The van der Waals surface area contributed by atoms with E-state index >= 15 is 0 Å². The van der Waals surface area contributed by atoms with Gasteiger partial charge in [0.2, 0.25) is 5.95 Å². The molecule has 0 amide bonds. The number of methoxy groups -OCH3 is 1. The van der Waals surface area contributed by atoms with Crippen LogP contribution in [-0.2, 0) is 14.3 Å². The Kier molecular flexibility index (Phi) is 5.12. The highest BCUT2D eigenvalue weighted by atomic mass is 16.5. The van der Waals surface area contributed by atoms with Crippen LogP contribution in [0.4, 0.5) is 5.95 Å². The van der Waals surface area contributed by atoms with Crippen LogP contribution in [0.3, 0.4) is 0 Å². The summed E-state index contributed by atoms with van der Waals surface area (Å²) in [5, 5.41) is 0. The molecule has 0 bridgehead atoms. The highest BCUT2D eigenvalue weighted by molar-refractivity contribution is 5.78. The number of ether oxygens (including phenoxy) is 2. The third kappa shape index (κ3) is 3.50. The fraction of sp³-hybridized carbons (Fsp3) is 0.667. The Morgan fingerprint density at radius 1 is 1.52 bits per heavy atom. The van der Waals surface area contributed by atoms with Gasteiger partial charge >= 0.3 is 5.97 Å². The minimum atomic E-state index is -0.629. The fourth-order valence-electron chi connectivity index (χ4n) is 2.79. The molecule has 116 valence electrons. The fourth-order valence-corrected chi connectivity index (χ4v) is 2.79. The van der Waals surface area contributed by atoms with Gasteiger partial charge < -0.3 is 14.4 Å². The number of aryl methyl sites for hydroxylation is 1. The second-order valence-corrected chi connectivity index (χ2v) is 5.46. The van der Waals surface area contributed by atoms with E-state index in [4.69, 9.17) is 9.47 Å². The van der Waals surface area contributed by atoms with E-state index in [2.05, 4.69) is 9.97 Å². The Bertz CT molecular complexity index is 491. The number of nitrogens with zero attached hydrogens (tertiary/aromatic N) is 3. The SMILES string of the molecule is CCOC(=O)[C@@]1(COC)CCCN(c2nccc(C)n2)C1. The number of esters is 1. The predicted molar refractivity (Wildman–Crippen MR) is 79.2 cm³/mol. The van der Waals surface area contributed by atoms with Gasteiger partial charge in [0.05, 0.1) is 13.2 Å². The Labute approximate surface area is 125 Å². The summed E-state index contributed by atoms with van der Waals surface area (Å²) in [5.74, 6) is 0.476. The number of hydrogen-bond acceptors (Lipinski definition) is 6. The molecule has 0 N–H and O–H groups in total. The zero-order valence-electron chi connectivity index (χ0n) is 13.0. The van der Waals surface area contributed by atoms with Gasteiger partial charge in [-0.05, 0) is 32.8 Å². The van der Waals surface area contributed by atoms with Crippen LogP contribution in [0.2, 0.25) is 0 Å². The van der Waals surface area contributed by atoms with Crippen LogP contribution in [-0.4, -0.2) is 49.4 Å². The lowest BCUT2D eigenvalue weighted by Gasteiger charge is -2.40. The van der Waals surface area contributed by atoms with Gasteiger partial charge in [0.1, 0.15) is 5.41 Å². The smallest absolute Gasteiger partial charge is 0.316 e. The number of carbonyl (C=O) groups excluding carboxylic acids is 1. The van der Waals surface area contributed by atoms with Crippen molar-refractivity contribution in [3.63, 3.8) is 0 Å². The maximum absolute atomic E-state index is 12.4. The van der Waals surface area contributed by atoms with Crippen molar-refractivity contribution in [3.8, 4) is 0 Å². The highest BCUT2D eigenvalue weighted by Crippen LogP contribution is 2.33. The zero-order chi connectivity index (χ0) is 15.3. The lowest BCUT2D eigenvalue weighted by atomic mass is 9.80. The van der Waals surface area contributed by atoms with Crippen molar-refractivity contribution in [2.24, 2.45) is 5.41 Å². The molecule has 1 atom stereocenters. The van der Waals surface area contributed by atoms with Crippen molar-refractivity contribution in [2.75, 3.05) is 38.3 Å². The number of anilines is 1. The largest absolute Gasteiger partial charge is 0.465 e. The monoisotopic (exact) mass is 293 g/mol. The molecule has 21 heavy (non-hydrogen) atoms. The number of piperidine rings is 1. The van der Waals surface area contributed by atoms with Crippen LogP contribution in [0.1, 0.15) is 25.5 Å². The van der Waals surface area contributed by atoms with Gasteiger partial charge in [-0.1, -0.05) is 0 Å². The van der Waals surface area contributed by atoms with Crippen LogP contribution in [0.15, 0.2) is 12.3 Å². The first-order valence-electron chi connectivity index (χ1n) is 7.32. The molecule has 1 aliphatic rings. The highest BCUT2D eigenvalue weighted by Gasteiger charge is 2.44. The van der Waals surface area contributed by atoms with Gasteiger partial charge in [0.25, 0.3) is 0 Å². The summed E-state index contributed by atoms with van der Waals surface area (Å²) in [4.78, 5) is 23.2. The molecule has 0 saturated carbocycles.